The maximum Gasteiger partial charge on any atom is 0.422 e. The van der Waals surface area contributed by atoms with Gasteiger partial charge in [0.25, 0.3) is 5.92 Å². The van der Waals surface area contributed by atoms with Gasteiger partial charge in [0, 0.05) is 6.42 Å². The highest BCUT2D eigenvalue weighted by atomic mass is 79.9. The smallest absolute Gasteiger partial charge is 0.422 e. The lowest BCUT2D eigenvalue weighted by molar-refractivity contribution is -0.153. The summed E-state index contributed by atoms with van der Waals surface area (Å²) < 4.78 is 88.2. The van der Waals surface area contributed by atoms with Crippen LogP contribution in [-0.4, -0.2) is 25.3 Å². The molecule has 9 heteroatoms. The zero-order valence-electron chi connectivity index (χ0n) is 14.3. The van der Waals surface area contributed by atoms with E-state index in [4.69, 9.17) is 4.74 Å². The average Bonchev–Trinajstić information content (AvgIpc) is 3.18. The summed E-state index contributed by atoms with van der Waals surface area (Å²) in [5.74, 6) is -3.48. The summed E-state index contributed by atoms with van der Waals surface area (Å²) in [6.45, 7) is -1.72. The lowest BCUT2D eigenvalue weighted by Gasteiger charge is -2.18. The van der Waals surface area contributed by atoms with Crippen LogP contribution in [0.25, 0.3) is 0 Å². The van der Waals surface area contributed by atoms with E-state index < -0.39 is 36.4 Å². The van der Waals surface area contributed by atoms with E-state index in [2.05, 4.69) is 20.7 Å². The maximum atomic E-state index is 14.1. The van der Waals surface area contributed by atoms with E-state index in [9.17, 15) is 26.3 Å². The van der Waals surface area contributed by atoms with Gasteiger partial charge in [-0.1, -0.05) is 18.2 Å². The largest absolute Gasteiger partial charge is 0.484 e. The average molecular weight is 469 g/mol. The van der Waals surface area contributed by atoms with Crippen molar-refractivity contribution in [1.82, 2.24) is 0 Å². The fourth-order valence-corrected chi connectivity index (χ4v) is 3.32. The van der Waals surface area contributed by atoms with Gasteiger partial charge in [0.1, 0.15) is 11.6 Å². The van der Waals surface area contributed by atoms with Crippen LogP contribution < -0.4 is 4.74 Å². The minimum Gasteiger partial charge on any atom is -0.484 e. The molecule has 2 aromatic carbocycles. The molecule has 0 heterocycles. The molecule has 0 bridgehead atoms. The predicted molar refractivity (Wildman–Crippen MR) is 93.0 cm³/mol. The van der Waals surface area contributed by atoms with Crippen molar-refractivity contribution < 1.29 is 35.8 Å². The highest BCUT2D eigenvalue weighted by Gasteiger charge is 2.72. The lowest BCUT2D eigenvalue weighted by atomic mass is 9.96. The first-order valence-corrected chi connectivity index (χ1v) is 9.01. The van der Waals surface area contributed by atoms with E-state index in [0.717, 1.165) is 0 Å². The molecule has 0 radical (unpaired) electrons. The summed E-state index contributed by atoms with van der Waals surface area (Å²) in [6.07, 6.45) is -4.90. The van der Waals surface area contributed by atoms with Gasteiger partial charge in [0.2, 0.25) is 0 Å². The van der Waals surface area contributed by atoms with Crippen molar-refractivity contribution in [2.45, 2.75) is 30.5 Å². The first-order chi connectivity index (χ1) is 13.0. The Morgan fingerprint density at radius 3 is 2.21 bits per heavy atom. The van der Waals surface area contributed by atoms with Crippen LogP contribution in [0.4, 0.5) is 26.3 Å². The molecule has 1 aliphatic rings. The molecule has 1 atom stereocenters. The van der Waals surface area contributed by atoms with Crippen LogP contribution in [0.1, 0.15) is 17.5 Å². The minimum atomic E-state index is -4.48. The van der Waals surface area contributed by atoms with E-state index in [1.54, 1.807) is 0 Å². The van der Waals surface area contributed by atoms with E-state index in [1.807, 2.05) is 0 Å². The molecule has 28 heavy (non-hydrogen) atoms. The SMILES string of the molecule is Fc1ccc(COCC2(c3ccc(OCC(F)(F)F)cc3)CC2(F)F)cc1Br. The van der Waals surface area contributed by atoms with E-state index in [-0.39, 0.29) is 29.0 Å². The van der Waals surface area contributed by atoms with Gasteiger partial charge in [0.05, 0.1) is 23.1 Å². The minimum absolute atomic E-state index is 0.0173. The third kappa shape index (κ3) is 4.63. The van der Waals surface area contributed by atoms with Crippen LogP contribution in [0.3, 0.4) is 0 Å². The molecule has 0 aromatic heterocycles. The van der Waals surface area contributed by atoms with Crippen LogP contribution in [0.15, 0.2) is 46.9 Å². The molecule has 0 aliphatic heterocycles. The molecule has 0 spiro atoms. The molecular formula is C19H15BrF6O2. The van der Waals surface area contributed by atoms with Crippen molar-refractivity contribution in [2.24, 2.45) is 0 Å². The number of hydrogen-bond donors (Lipinski definition) is 0. The summed E-state index contributed by atoms with van der Waals surface area (Å²) in [5.41, 5.74) is -0.659. The Balaban J connectivity index is 1.64. The monoisotopic (exact) mass is 468 g/mol. The highest BCUT2D eigenvalue weighted by molar-refractivity contribution is 9.10. The standard InChI is InChI=1S/C19H15BrF6O2/c20-15-7-12(1-6-16(15)21)8-27-10-17(9-18(17,22)23)13-2-4-14(5-3-13)28-11-19(24,25)26/h1-7H,8-11H2. The Morgan fingerprint density at radius 1 is 1.04 bits per heavy atom. The number of hydrogen-bond acceptors (Lipinski definition) is 2. The van der Waals surface area contributed by atoms with E-state index in [1.165, 1.54) is 42.5 Å². The Morgan fingerprint density at radius 2 is 1.68 bits per heavy atom. The molecule has 2 aromatic rings. The van der Waals surface area contributed by atoms with Crippen molar-refractivity contribution >= 4 is 15.9 Å². The molecule has 3 rings (SSSR count). The maximum absolute atomic E-state index is 14.1. The van der Waals surface area contributed by atoms with Crippen molar-refractivity contribution in [3.05, 3.63) is 63.9 Å². The van der Waals surface area contributed by atoms with E-state index in [0.29, 0.717) is 5.56 Å². The van der Waals surface area contributed by atoms with Gasteiger partial charge in [-0.2, -0.15) is 13.2 Å². The quantitative estimate of drug-likeness (QED) is 0.462. The highest BCUT2D eigenvalue weighted by Crippen LogP contribution is 2.61. The number of ether oxygens (including phenoxy) is 2. The third-order valence-corrected chi connectivity index (χ3v) is 5.12. The Bertz CT molecular complexity index is 837. The summed E-state index contributed by atoms with van der Waals surface area (Å²) in [7, 11) is 0. The van der Waals surface area contributed by atoms with Crippen molar-refractivity contribution in [2.75, 3.05) is 13.2 Å². The number of halogens is 7. The Hall–Kier alpha value is -1.74. The lowest BCUT2D eigenvalue weighted by Crippen LogP contribution is -2.23. The van der Waals surface area contributed by atoms with Gasteiger partial charge < -0.3 is 9.47 Å². The predicted octanol–water partition coefficient (Wildman–Crippen LogP) is 6.02. The van der Waals surface area contributed by atoms with Crippen LogP contribution >= 0.6 is 15.9 Å². The molecule has 0 saturated heterocycles. The fourth-order valence-electron chi connectivity index (χ4n) is 2.90. The molecule has 1 aliphatic carbocycles. The molecule has 1 fully saturated rings. The first kappa shape index (κ1) is 21.0. The zero-order valence-corrected chi connectivity index (χ0v) is 15.9. The fraction of sp³-hybridized carbons (Fsp3) is 0.368. The number of rotatable bonds is 7. The van der Waals surface area contributed by atoms with Gasteiger partial charge >= 0.3 is 6.18 Å². The van der Waals surface area contributed by atoms with Crippen LogP contribution in [0.5, 0.6) is 5.75 Å². The molecule has 1 unspecified atom stereocenters. The van der Waals surface area contributed by atoms with Crippen LogP contribution in [0, 0.1) is 5.82 Å². The molecule has 152 valence electrons. The first-order valence-electron chi connectivity index (χ1n) is 8.22. The third-order valence-electron chi connectivity index (χ3n) is 4.51. The second kappa shape index (κ2) is 7.59. The van der Waals surface area contributed by atoms with Gasteiger partial charge in [-0.25, -0.2) is 13.2 Å². The Kier molecular flexibility index (Phi) is 5.69. The van der Waals surface area contributed by atoms with Gasteiger partial charge in [-0.05, 0) is 51.3 Å². The van der Waals surface area contributed by atoms with Crippen molar-refractivity contribution in [3.63, 3.8) is 0 Å². The summed E-state index contributed by atoms with van der Waals surface area (Å²) in [6, 6.07) is 9.34. The summed E-state index contributed by atoms with van der Waals surface area (Å²) >= 11 is 3.04. The topological polar surface area (TPSA) is 18.5 Å². The van der Waals surface area contributed by atoms with Crippen molar-refractivity contribution in [3.8, 4) is 5.75 Å². The molecule has 0 amide bonds. The Labute approximate surface area is 165 Å². The van der Waals surface area contributed by atoms with Gasteiger partial charge in [0.15, 0.2) is 6.61 Å². The summed E-state index contributed by atoms with van der Waals surface area (Å²) in [4.78, 5) is 0. The number of alkyl halides is 5. The van der Waals surface area contributed by atoms with E-state index >= 15 is 0 Å². The van der Waals surface area contributed by atoms with Crippen LogP contribution in [-0.2, 0) is 16.8 Å². The van der Waals surface area contributed by atoms with Crippen LogP contribution in [0.2, 0.25) is 0 Å². The molecular weight excluding hydrogens is 454 g/mol. The molecule has 1 saturated carbocycles. The summed E-state index contributed by atoms with van der Waals surface area (Å²) in [5, 5.41) is 0. The molecule has 0 N–H and O–H groups in total. The van der Waals surface area contributed by atoms with Gasteiger partial charge in [-0.15, -0.1) is 0 Å². The second-order valence-electron chi connectivity index (χ2n) is 6.63. The normalized spacial score (nSPS) is 20.8. The van der Waals surface area contributed by atoms with Crippen molar-refractivity contribution in [1.29, 1.82) is 0 Å². The molecule has 2 nitrogen and oxygen atoms in total. The second-order valence-corrected chi connectivity index (χ2v) is 7.49. The number of benzene rings is 2. The zero-order chi connectivity index (χ0) is 20.6. The van der Waals surface area contributed by atoms with Gasteiger partial charge in [-0.3, -0.25) is 0 Å².